The molecule has 0 aliphatic rings. The first-order valence-corrected chi connectivity index (χ1v) is 10.9. The Morgan fingerprint density at radius 1 is 1.04 bits per heavy atom. The van der Waals surface area contributed by atoms with Crippen LogP contribution in [0.5, 0.6) is 5.75 Å². The highest BCUT2D eigenvalue weighted by molar-refractivity contribution is 7.92. The number of benzene rings is 2. The molecule has 0 bridgehead atoms. The zero-order chi connectivity index (χ0) is 18.7. The minimum atomic E-state index is -3.71. The molecule has 0 saturated carbocycles. The second-order valence-corrected chi connectivity index (χ2v) is 9.19. The fraction of sp³-hybridized carbons (Fsp3) is 0.200. The van der Waals surface area contributed by atoms with Crippen LogP contribution in [0, 0.1) is 0 Å². The topological polar surface area (TPSA) is 102 Å². The molecule has 0 fully saturated rings. The quantitative estimate of drug-likeness (QED) is 0.738. The van der Waals surface area contributed by atoms with Crippen molar-refractivity contribution in [3.8, 4) is 5.75 Å². The number of hydrogen-bond donors (Lipinski definition) is 2. The summed E-state index contributed by atoms with van der Waals surface area (Å²) in [5.74, 6) is -0.00255. The minimum absolute atomic E-state index is 0.132. The molecule has 2 aromatic carbocycles. The summed E-state index contributed by atoms with van der Waals surface area (Å²) in [4.78, 5) is 0. The summed E-state index contributed by atoms with van der Waals surface area (Å²) in [6, 6.07) is 10.8. The van der Waals surface area contributed by atoms with Crippen LogP contribution in [0.3, 0.4) is 0 Å². The Bertz CT molecular complexity index is 975. The summed E-state index contributed by atoms with van der Waals surface area (Å²) in [6.07, 6.45) is 0.989. The Kier molecular flexibility index (Phi) is 5.81. The van der Waals surface area contributed by atoms with E-state index in [0.29, 0.717) is 10.6 Å². The maximum atomic E-state index is 12.3. The highest BCUT2D eigenvalue weighted by atomic mass is 35.5. The lowest BCUT2D eigenvalue weighted by Gasteiger charge is -2.13. The molecule has 2 N–H and O–H groups in total. The number of rotatable bonds is 7. The van der Waals surface area contributed by atoms with Crippen LogP contribution in [0.2, 0.25) is 5.02 Å². The minimum Gasteiger partial charge on any atom is -0.495 e. The average molecular weight is 405 g/mol. The van der Waals surface area contributed by atoms with Gasteiger partial charge in [-0.05, 0) is 35.9 Å². The van der Waals surface area contributed by atoms with Crippen molar-refractivity contribution in [3.63, 3.8) is 0 Å². The van der Waals surface area contributed by atoms with Gasteiger partial charge < -0.3 is 4.74 Å². The van der Waals surface area contributed by atoms with Crippen LogP contribution in [-0.2, 0) is 25.8 Å². The molecule has 7 nitrogen and oxygen atoms in total. The molecule has 0 aliphatic heterocycles. The van der Waals surface area contributed by atoms with Gasteiger partial charge in [0.15, 0.2) is 0 Å². The Labute approximate surface area is 152 Å². The third-order valence-electron chi connectivity index (χ3n) is 3.01. The number of hydrogen-bond acceptors (Lipinski definition) is 5. The van der Waals surface area contributed by atoms with Crippen LogP contribution in [-0.4, -0.2) is 30.2 Å². The van der Waals surface area contributed by atoms with Crippen molar-refractivity contribution < 1.29 is 21.6 Å². The highest BCUT2D eigenvalue weighted by Gasteiger charge is 2.15. The van der Waals surface area contributed by atoms with Crippen molar-refractivity contribution in [1.29, 1.82) is 0 Å². The molecular formula is C15H17ClN2O5S2. The number of sulfonamides is 2. The summed E-state index contributed by atoms with van der Waals surface area (Å²) >= 11 is 5.86. The van der Waals surface area contributed by atoms with Gasteiger partial charge in [0.25, 0.3) is 0 Å². The number of halogens is 1. The molecule has 0 unspecified atom stereocenters. The van der Waals surface area contributed by atoms with E-state index in [0.717, 1.165) is 6.26 Å². The van der Waals surface area contributed by atoms with Gasteiger partial charge >= 0.3 is 0 Å². The number of nitrogens with one attached hydrogen (secondary N) is 2. The Morgan fingerprint density at radius 3 is 2.36 bits per heavy atom. The third kappa shape index (κ3) is 6.11. The van der Waals surface area contributed by atoms with E-state index in [4.69, 9.17) is 16.3 Å². The molecule has 0 heterocycles. The summed E-state index contributed by atoms with van der Waals surface area (Å²) < 4.78 is 57.2. The van der Waals surface area contributed by atoms with Crippen molar-refractivity contribution in [3.05, 3.63) is 53.1 Å². The second-order valence-electron chi connectivity index (χ2n) is 5.28. The zero-order valence-electron chi connectivity index (χ0n) is 13.5. The molecule has 25 heavy (non-hydrogen) atoms. The standard InChI is InChI=1S/C15H17ClN2O5S2/c1-23-15-7-6-13(9-14(15)18-24(2,19)20)17-25(21,22)10-11-4-3-5-12(16)8-11/h3-9,17-18H,10H2,1-2H3. The van der Waals surface area contributed by atoms with Crippen molar-refractivity contribution in [1.82, 2.24) is 0 Å². The molecule has 0 amide bonds. The van der Waals surface area contributed by atoms with E-state index in [1.165, 1.54) is 25.3 Å². The lowest BCUT2D eigenvalue weighted by molar-refractivity contribution is 0.417. The van der Waals surface area contributed by atoms with E-state index < -0.39 is 20.0 Å². The van der Waals surface area contributed by atoms with Crippen LogP contribution < -0.4 is 14.2 Å². The molecule has 0 atom stereocenters. The van der Waals surface area contributed by atoms with Gasteiger partial charge in [0.2, 0.25) is 20.0 Å². The van der Waals surface area contributed by atoms with Gasteiger partial charge in [-0.15, -0.1) is 0 Å². The smallest absolute Gasteiger partial charge is 0.236 e. The summed E-state index contributed by atoms with van der Waals surface area (Å²) in [6.45, 7) is 0. The van der Waals surface area contributed by atoms with Crippen molar-refractivity contribution in [2.75, 3.05) is 22.8 Å². The Hall–Kier alpha value is -1.97. The van der Waals surface area contributed by atoms with Gasteiger partial charge in [0.1, 0.15) is 5.75 Å². The monoisotopic (exact) mass is 404 g/mol. The van der Waals surface area contributed by atoms with Gasteiger partial charge in [0.05, 0.1) is 30.5 Å². The zero-order valence-corrected chi connectivity index (χ0v) is 15.9. The normalized spacial score (nSPS) is 11.8. The number of ether oxygens (including phenoxy) is 1. The predicted octanol–water partition coefficient (Wildman–Crippen LogP) is 2.66. The van der Waals surface area contributed by atoms with Crippen molar-refractivity contribution >= 4 is 43.0 Å². The van der Waals surface area contributed by atoms with Gasteiger partial charge in [-0.3, -0.25) is 9.44 Å². The molecule has 136 valence electrons. The summed E-state index contributed by atoms with van der Waals surface area (Å²) in [5, 5.41) is 0.441. The molecule has 2 aromatic rings. The van der Waals surface area contributed by atoms with E-state index in [2.05, 4.69) is 9.44 Å². The largest absolute Gasteiger partial charge is 0.495 e. The molecule has 2 rings (SSSR count). The van der Waals surface area contributed by atoms with Crippen molar-refractivity contribution in [2.24, 2.45) is 0 Å². The van der Waals surface area contributed by atoms with Crippen LogP contribution in [0.1, 0.15) is 5.56 Å². The van der Waals surface area contributed by atoms with Crippen molar-refractivity contribution in [2.45, 2.75) is 5.75 Å². The number of methoxy groups -OCH3 is 1. The lowest BCUT2D eigenvalue weighted by atomic mass is 10.2. The molecule has 10 heteroatoms. The summed E-state index contributed by atoms with van der Waals surface area (Å²) in [7, 11) is -5.88. The average Bonchev–Trinajstić information content (AvgIpc) is 2.44. The first kappa shape index (κ1) is 19.4. The van der Waals surface area contributed by atoms with E-state index in [9.17, 15) is 16.8 Å². The fourth-order valence-electron chi connectivity index (χ4n) is 2.11. The predicted molar refractivity (Wildman–Crippen MR) is 99.2 cm³/mol. The maximum Gasteiger partial charge on any atom is 0.236 e. The number of anilines is 2. The molecule has 0 aromatic heterocycles. The Balaban J connectivity index is 2.25. The first-order chi connectivity index (χ1) is 11.6. The van der Waals surface area contributed by atoms with E-state index in [-0.39, 0.29) is 22.9 Å². The van der Waals surface area contributed by atoms with E-state index >= 15 is 0 Å². The Morgan fingerprint density at radius 2 is 1.76 bits per heavy atom. The van der Waals surface area contributed by atoms with Gasteiger partial charge in [-0.2, -0.15) is 0 Å². The molecule has 0 saturated heterocycles. The van der Waals surface area contributed by atoms with Gasteiger partial charge in [0, 0.05) is 5.02 Å². The maximum absolute atomic E-state index is 12.3. The van der Waals surface area contributed by atoms with Gasteiger partial charge in [-0.1, -0.05) is 23.7 Å². The van der Waals surface area contributed by atoms with Crippen LogP contribution in [0.25, 0.3) is 0 Å². The third-order valence-corrected chi connectivity index (χ3v) is 5.10. The highest BCUT2D eigenvalue weighted by Crippen LogP contribution is 2.29. The lowest BCUT2D eigenvalue weighted by Crippen LogP contribution is -2.16. The first-order valence-electron chi connectivity index (χ1n) is 6.99. The molecular weight excluding hydrogens is 388 g/mol. The van der Waals surface area contributed by atoms with Crippen LogP contribution in [0.4, 0.5) is 11.4 Å². The molecule has 0 spiro atoms. The van der Waals surface area contributed by atoms with E-state index in [1.54, 1.807) is 24.3 Å². The summed E-state index contributed by atoms with van der Waals surface area (Å²) in [5.41, 5.74) is 0.866. The SMILES string of the molecule is COc1ccc(NS(=O)(=O)Cc2cccc(Cl)c2)cc1NS(C)(=O)=O. The molecule has 0 radical (unpaired) electrons. The van der Waals surface area contributed by atoms with Crippen LogP contribution >= 0.6 is 11.6 Å². The molecule has 0 aliphatic carbocycles. The second kappa shape index (κ2) is 7.51. The van der Waals surface area contributed by atoms with Crippen LogP contribution in [0.15, 0.2) is 42.5 Å². The van der Waals surface area contributed by atoms with Gasteiger partial charge in [-0.25, -0.2) is 16.8 Å². The van der Waals surface area contributed by atoms with E-state index in [1.807, 2.05) is 0 Å². The fourth-order valence-corrected chi connectivity index (χ4v) is 4.06.